The highest BCUT2D eigenvalue weighted by Gasteiger charge is 2.12. The molecule has 0 heterocycles. The molecule has 1 aromatic carbocycles. The molecule has 0 fully saturated rings. The molecule has 0 aromatic heterocycles. The number of hydrogen-bond donors (Lipinski definition) is 1. The average molecular weight is 310 g/mol. The zero-order valence-electron chi connectivity index (χ0n) is 8.62. The van der Waals surface area contributed by atoms with Crippen molar-refractivity contribution in [2.45, 2.75) is 12.2 Å². The molecular weight excluding hydrogens is 297 g/mol. The zero-order valence-corrected chi connectivity index (χ0v) is 11.0. The normalized spacial score (nSPS) is 11.7. The van der Waals surface area contributed by atoms with E-state index in [-0.39, 0.29) is 11.5 Å². The van der Waals surface area contributed by atoms with E-state index in [0.717, 1.165) is 0 Å². The third-order valence-corrected chi connectivity index (χ3v) is 4.11. The summed E-state index contributed by atoms with van der Waals surface area (Å²) < 4.78 is 36.7. The molecule has 16 heavy (non-hydrogen) atoms. The molecule has 1 rings (SSSR count). The van der Waals surface area contributed by atoms with Gasteiger partial charge in [0.05, 0.1) is 11.5 Å². The van der Waals surface area contributed by atoms with E-state index in [0.29, 0.717) is 23.0 Å². The molecule has 1 aromatic rings. The first-order valence-electron chi connectivity index (χ1n) is 4.78. The second-order valence-electron chi connectivity index (χ2n) is 3.51. The molecule has 0 radical (unpaired) electrons. The van der Waals surface area contributed by atoms with Crippen LogP contribution in [0.1, 0.15) is 12.0 Å². The molecule has 0 amide bonds. The van der Waals surface area contributed by atoms with Crippen LogP contribution in [0, 0.1) is 5.82 Å². The maximum Gasteiger partial charge on any atom is 0.154 e. The van der Waals surface area contributed by atoms with E-state index in [9.17, 15) is 12.8 Å². The standard InChI is InChI=1S/C10H13BrFNO2S/c11-9-4-8(5-10(12)6-9)7-16(14,15)3-1-2-13/h4-6H,1-3,7,13H2. The number of sulfone groups is 1. The van der Waals surface area contributed by atoms with E-state index >= 15 is 0 Å². The van der Waals surface area contributed by atoms with Gasteiger partial charge in [-0.2, -0.15) is 0 Å². The third kappa shape index (κ3) is 4.59. The van der Waals surface area contributed by atoms with E-state index in [4.69, 9.17) is 5.73 Å². The second kappa shape index (κ2) is 5.75. The quantitative estimate of drug-likeness (QED) is 0.903. The summed E-state index contributed by atoms with van der Waals surface area (Å²) in [5.74, 6) is -0.556. The van der Waals surface area contributed by atoms with Crippen LogP contribution in [0.2, 0.25) is 0 Å². The largest absolute Gasteiger partial charge is 0.330 e. The van der Waals surface area contributed by atoms with Gasteiger partial charge in [-0.05, 0) is 36.7 Å². The Morgan fingerprint density at radius 3 is 2.56 bits per heavy atom. The van der Waals surface area contributed by atoms with E-state index in [1.807, 2.05) is 0 Å². The summed E-state index contributed by atoms with van der Waals surface area (Å²) in [4.78, 5) is 0. The molecule has 0 aliphatic heterocycles. The van der Waals surface area contributed by atoms with Crippen LogP contribution in [-0.4, -0.2) is 20.7 Å². The second-order valence-corrected chi connectivity index (χ2v) is 6.61. The van der Waals surface area contributed by atoms with Crippen LogP contribution in [0.15, 0.2) is 22.7 Å². The molecule has 0 saturated heterocycles. The molecule has 6 heteroatoms. The van der Waals surface area contributed by atoms with Crippen LogP contribution >= 0.6 is 15.9 Å². The predicted molar refractivity (Wildman–Crippen MR) is 65.3 cm³/mol. The molecule has 3 nitrogen and oxygen atoms in total. The summed E-state index contributed by atoms with van der Waals surface area (Å²) >= 11 is 3.12. The molecule has 0 spiro atoms. The van der Waals surface area contributed by atoms with Crippen LogP contribution in [-0.2, 0) is 15.6 Å². The Balaban J connectivity index is 2.80. The summed E-state index contributed by atoms with van der Waals surface area (Å²) in [6, 6.07) is 4.11. The predicted octanol–water partition coefficient (Wildman–Crippen LogP) is 1.85. The summed E-state index contributed by atoms with van der Waals surface area (Å²) in [5, 5.41) is 0. The minimum atomic E-state index is -3.20. The van der Waals surface area contributed by atoms with Crippen molar-refractivity contribution in [2.24, 2.45) is 5.73 Å². The van der Waals surface area contributed by atoms with Crippen molar-refractivity contribution in [3.63, 3.8) is 0 Å². The molecule has 0 atom stereocenters. The Bertz CT molecular complexity index is 442. The summed E-state index contributed by atoms with van der Waals surface area (Å²) in [5.41, 5.74) is 5.69. The van der Waals surface area contributed by atoms with Gasteiger partial charge in [0, 0.05) is 4.47 Å². The molecular formula is C10H13BrFNO2S. The number of nitrogens with two attached hydrogens (primary N) is 1. The van der Waals surface area contributed by atoms with E-state index in [1.165, 1.54) is 12.1 Å². The molecule has 0 unspecified atom stereocenters. The molecule has 0 bridgehead atoms. The van der Waals surface area contributed by atoms with Crippen LogP contribution in [0.25, 0.3) is 0 Å². The minimum absolute atomic E-state index is 0.0393. The third-order valence-electron chi connectivity index (χ3n) is 1.97. The molecule has 0 aliphatic rings. The van der Waals surface area contributed by atoms with Crippen molar-refractivity contribution in [1.82, 2.24) is 0 Å². The molecule has 0 saturated carbocycles. The van der Waals surface area contributed by atoms with Crippen molar-refractivity contribution < 1.29 is 12.8 Å². The fourth-order valence-electron chi connectivity index (χ4n) is 1.32. The van der Waals surface area contributed by atoms with Gasteiger partial charge in [-0.3, -0.25) is 0 Å². The first kappa shape index (κ1) is 13.6. The zero-order chi connectivity index (χ0) is 12.2. The number of halogens is 2. The van der Waals surface area contributed by atoms with Gasteiger partial charge in [-0.15, -0.1) is 0 Å². The van der Waals surface area contributed by atoms with E-state index < -0.39 is 15.7 Å². The smallest absolute Gasteiger partial charge is 0.154 e. The highest BCUT2D eigenvalue weighted by atomic mass is 79.9. The Labute approximate surface area is 103 Å². The van der Waals surface area contributed by atoms with Crippen LogP contribution in [0.3, 0.4) is 0 Å². The fourth-order valence-corrected chi connectivity index (χ4v) is 3.26. The van der Waals surface area contributed by atoms with Gasteiger partial charge in [-0.1, -0.05) is 15.9 Å². The van der Waals surface area contributed by atoms with Crippen molar-refractivity contribution in [3.05, 3.63) is 34.1 Å². The monoisotopic (exact) mass is 309 g/mol. The maximum absolute atomic E-state index is 13.0. The molecule has 0 aliphatic carbocycles. The first-order valence-corrected chi connectivity index (χ1v) is 7.40. The minimum Gasteiger partial charge on any atom is -0.330 e. The van der Waals surface area contributed by atoms with Gasteiger partial charge in [0.15, 0.2) is 9.84 Å². The van der Waals surface area contributed by atoms with Crippen LogP contribution in [0.5, 0.6) is 0 Å². The van der Waals surface area contributed by atoms with Gasteiger partial charge in [-0.25, -0.2) is 12.8 Å². The Hall–Kier alpha value is -0.460. The fraction of sp³-hybridized carbons (Fsp3) is 0.400. The van der Waals surface area contributed by atoms with E-state index in [2.05, 4.69) is 15.9 Å². The van der Waals surface area contributed by atoms with E-state index in [1.54, 1.807) is 6.07 Å². The molecule has 2 N–H and O–H groups in total. The van der Waals surface area contributed by atoms with Crippen LogP contribution in [0.4, 0.5) is 4.39 Å². The Kier molecular flexibility index (Phi) is 4.89. The SMILES string of the molecule is NCCCS(=O)(=O)Cc1cc(F)cc(Br)c1. The van der Waals surface area contributed by atoms with Gasteiger partial charge < -0.3 is 5.73 Å². The number of rotatable bonds is 5. The maximum atomic E-state index is 13.0. The Morgan fingerprint density at radius 2 is 2.00 bits per heavy atom. The van der Waals surface area contributed by atoms with Gasteiger partial charge in [0.2, 0.25) is 0 Å². The lowest BCUT2D eigenvalue weighted by atomic mass is 10.2. The van der Waals surface area contributed by atoms with Gasteiger partial charge in [0.25, 0.3) is 0 Å². The lowest BCUT2D eigenvalue weighted by Crippen LogP contribution is -2.13. The van der Waals surface area contributed by atoms with Gasteiger partial charge >= 0.3 is 0 Å². The molecule has 90 valence electrons. The van der Waals surface area contributed by atoms with Crippen molar-refractivity contribution in [2.75, 3.05) is 12.3 Å². The lowest BCUT2D eigenvalue weighted by Gasteiger charge is -2.04. The topological polar surface area (TPSA) is 60.2 Å². The summed E-state index contributed by atoms with van der Waals surface area (Å²) in [6.45, 7) is 0.339. The van der Waals surface area contributed by atoms with Crippen molar-refractivity contribution in [3.8, 4) is 0 Å². The highest BCUT2D eigenvalue weighted by molar-refractivity contribution is 9.10. The lowest BCUT2D eigenvalue weighted by molar-refractivity contribution is 0.592. The average Bonchev–Trinajstić information content (AvgIpc) is 2.12. The summed E-state index contributed by atoms with van der Waals surface area (Å²) in [6.07, 6.45) is 0.429. The number of hydrogen-bond acceptors (Lipinski definition) is 3. The summed E-state index contributed by atoms with van der Waals surface area (Å²) in [7, 11) is -3.20. The Morgan fingerprint density at radius 1 is 1.31 bits per heavy atom. The first-order chi connectivity index (χ1) is 7.43. The van der Waals surface area contributed by atoms with Gasteiger partial charge in [0.1, 0.15) is 5.82 Å². The van der Waals surface area contributed by atoms with Crippen molar-refractivity contribution in [1.29, 1.82) is 0 Å². The van der Waals surface area contributed by atoms with Crippen molar-refractivity contribution >= 4 is 25.8 Å². The highest BCUT2D eigenvalue weighted by Crippen LogP contribution is 2.17. The van der Waals surface area contributed by atoms with Crippen LogP contribution < -0.4 is 5.73 Å². The number of benzene rings is 1.